The molecule has 2 rings (SSSR count). The highest BCUT2D eigenvalue weighted by atomic mass is 16.1. The molecule has 0 aliphatic heterocycles. The first-order chi connectivity index (χ1) is 9.92. The summed E-state index contributed by atoms with van der Waals surface area (Å²) in [7, 11) is 0. The Labute approximate surface area is 126 Å². The highest BCUT2D eigenvalue weighted by molar-refractivity contribution is 5.95. The van der Waals surface area contributed by atoms with Crippen molar-refractivity contribution < 1.29 is 4.79 Å². The van der Waals surface area contributed by atoms with Gasteiger partial charge in [0, 0.05) is 11.3 Å². The van der Waals surface area contributed by atoms with Crippen LogP contribution in [0.3, 0.4) is 0 Å². The van der Waals surface area contributed by atoms with Crippen molar-refractivity contribution in [3.05, 3.63) is 65.2 Å². The molecule has 110 valence electrons. The molecule has 0 fully saturated rings. The van der Waals surface area contributed by atoms with Crippen molar-refractivity contribution in [3.63, 3.8) is 0 Å². The lowest BCUT2D eigenvalue weighted by molar-refractivity contribution is 0.0912. The lowest BCUT2D eigenvalue weighted by Gasteiger charge is -2.27. The molecule has 0 aliphatic rings. The molecule has 0 bridgehead atoms. The fourth-order valence-corrected chi connectivity index (χ4v) is 2.27. The number of hydrogen-bond donors (Lipinski definition) is 2. The van der Waals surface area contributed by atoms with Crippen LogP contribution in [0.1, 0.15) is 42.3 Å². The van der Waals surface area contributed by atoms with Crippen LogP contribution in [0, 0.1) is 0 Å². The fourth-order valence-electron chi connectivity index (χ4n) is 2.27. The maximum Gasteiger partial charge on any atom is 0.252 e. The topological polar surface area (TPSA) is 55.1 Å². The van der Waals surface area contributed by atoms with Gasteiger partial charge in [-0.25, -0.2) is 0 Å². The van der Waals surface area contributed by atoms with Crippen LogP contribution in [0.4, 0.5) is 5.69 Å². The van der Waals surface area contributed by atoms with Crippen molar-refractivity contribution >= 4 is 11.6 Å². The Hall–Kier alpha value is -2.29. The molecule has 0 spiro atoms. The third-order valence-corrected chi connectivity index (χ3v) is 3.66. The van der Waals surface area contributed by atoms with E-state index in [2.05, 4.69) is 36.5 Å². The van der Waals surface area contributed by atoms with E-state index in [1.54, 1.807) is 24.3 Å². The average Bonchev–Trinajstić information content (AvgIpc) is 2.47. The van der Waals surface area contributed by atoms with Crippen molar-refractivity contribution in [2.45, 2.75) is 32.7 Å². The Morgan fingerprint density at radius 1 is 1.14 bits per heavy atom. The zero-order chi connectivity index (χ0) is 15.5. The van der Waals surface area contributed by atoms with Crippen LogP contribution in [-0.2, 0) is 12.0 Å². The SMILES string of the molecule is CCc1ccc(C(C)(C)NC(=O)c2cccc(N)c2)cc1. The molecule has 0 radical (unpaired) electrons. The third-order valence-electron chi connectivity index (χ3n) is 3.66. The minimum Gasteiger partial charge on any atom is -0.399 e. The fraction of sp³-hybridized carbons (Fsp3) is 0.278. The first-order valence-electron chi connectivity index (χ1n) is 7.20. The van der Waals surface area contributed by atoms with Crippen LogP contribution >= 0.6 is 0 Å². The zero-order valence-electron chi connectivity index (χ0n) is 12.8. The molecule has 1 amide bonds. The average molecular weight is 282 g/mol. The number of benzene rings is 2. The quantitative estimate of drug-likeness (QED) is 0.843. The standard InChI is InChI=1S/C18H22N2O/c1-4-13-8-10-15(11-9-13)18(2,3)20-17(21)14-6-5-7-16(19)12-14/h5-12H,4,19H2,1-3H3,(H,20,21). The van der Waals surface area contributed by atoms with Crippen LogP contribution < -0.4 is 11.1 Å². The van der Waals surface area contributed by atoms with Gasteiger partial charge in [0.05, 0.1) is 5.54 Å². The molecule has 2 aromatic rings. The van der Waals surface area contributed by atoms with Gasteiger partial charge in [0.15, 0.2) is 0 Å². The normalized spacial score (nSPS) is 11.2. The van der Waals surface area contributed by atoms with Crippen molar-refractivity contribution in [2.24, 2.45) is 0 Å². The second-order valence-electron chi connectivity index (χ2n) is 5.76. The molecule has 0 aromatic heterocycles. The molecule has 21 heavy (non-hydrogen) atoms. The number of aryl methyl sites for hydroxylation is 1. The number of nitrogens with two attached hydrogens (primary N) is 1. The first kappa shape index (κ1) is 15.1. The molecule has 0 aliphatic carbocycles. The molecular formula is C18H22N2O. The maximum atomic E-state index is 12.3. The zero-order valence-corrected chi connectivity index (χ0v) is 12.8. The van der Waals surface area contributed by atoms with Gasteiger partial charge in [0.1, 0.15) is 0 Å². The number of carbonyl (C=O) groups excluding carboxylic acids is 1. The predicted molar refractivity (Wildman–Crippen MR) is 87.2 cm³/mol. The molecule has 0 unspecified atom stereocenters. The van der Waals surface area contributed by atoms with E-state index in [0.717, 1.165) is 12.0 Å². The van der Waals surface area contributed by atoms with Crippen LogP contribution in [-0.4, -0.2) is 5.91 Å². The van der Waals surface area contributed by atoms with Gasteiger partial charge >= 0.3 is 0 Å². The van der Waals surface area contributed by atoms with E-state index in [1.807, 2.05) is 13.8 Å². The van der Waals surface area contributed by atoms with E-state index >= 15 is 0 Å². The number of anilines is 1. The number of nitrogens with one attached hydrogen (secondary N) is 1. The van der Waals surface area contributed by atoms with Gasteiger partial charge in [-0.1, -0.05) is 37.3 Å². The van der Waals surface area contributed by atoms with E-state index in [-0.39, 0.29) is 5.91 Å². The Balaban J connectivity index is 2.17. The number of amides is 1. The summed E-state index contributed by atoms with van der Waals surface area (Å²) in [4.78, 5) is 12.3. The first-order valence-corrected chi connectivity index (χ1v) is 7.20. The smallest absolute Gasteiger partial charge is 0.252 e. The number of nitrogen functional groups attached to an aromatic ring is 1. The second-order valence-corrected chi connectivity index (χ2v) is 5.76. The summed E-state index contributed by atoms with van der Waals surface area (Å²) in [5, 5.41) is 3.06. The molecule has 0 heterocycles. The van der Waals surface area contributed by atoms with Gasteiger partial charge in [0.25, 0.3) is 5.91 Å². The molecule has 0 saturated heterocycles. The van der Waals surface area contributed by atoms with E-state index in [4.69, 9.17) is 5.73 Å². The van der Waals surface area contributed by atoms with Gasteiger partial charge in [-0.2, -0.15) is 0 Å². The summed E-state index contributed by atoms with van der Waals surface area (Å²) in [6.07, 6.45) is 1.01. The predicted octanol–water partition coefficient (Wildman–Crippen LogP) is 3.50. The van der Waals surface area contributed by atoms with Crippen molar-refractivity contribution in [1.29, 1.82) is 0 Å². The van der Waals surface area contributed by atoms with Gasteiger partial charge in [-0.05, 0) is 49.6 Å². The summed E-state index contributed by atoms with van der Waals surface area (Å²) < 4.78 is 0. The molecule has 0 saturated carbocycles. The van der Waals surface area contributed by atoms with Gasteiger partial charge < -0.3 is 11.1 Å². The number of hydrogen-bond acceptors (Lipinski definition) is 2. The van der Waals surface area contributed by atoms with Crippen LogP contribution in [0.25, 0.3) is 0 Å². The van der Waals surface area contributed by atoms with E-state index in [0.29, 0.717) is 11.3 Å². The summed E-state index contributed by atoms with van der Waals surface area (Å²) in [5.41, 5.74) is 8.82. The highest BCUT2D eigenvalue weighted by Crippen LogP contribution is 2.21. The second kappa shape index (κ2) is 6.00. The Morgan fingerprint density at radius 3 is 2.38 bits per heavy atom. The van der Waals surface area contributed by atoms with E-state index < -0.39 is 5.54 Å². The molecule has 3 heteroatoms. The highest BCUT2D eigenvalue weighted by Gasteiger charge is 2.23. The molecule has 3 N–H and O–H groups in total. The van der Waals surface area contributed by atoms with Crippen LogP contribution in [0.15, 0.2) is 48.5 Å². The molecule has 3 nitrogen and oxygen atoms in total. The molecule has 0 atom stereocenters. The Morgan fingerprint density at radius 2 is 1.81 bits per heavy atom. The summed E-state index contributed by atoms with van der Waals surface area (Å²) >= 11 is 0. The summed E-state index contributed by atoms with van der Waals surface area (Å²) in [6.45, 7) is 6.12. The lowest BCUT2D eigenvalue weighted by Crippen LogP contribution is -2.41. The van der Waals surface area contributed by atoms with Crippen molar-refractivity contribution in [3.8, 4) is 0 Å². The number of carbonyl (C=O) groups is 1. The van der Waals surface area contributed by atoms with Crippen molar-refractivity contribution in [1.82, 2.24) is 5.32 Å². The monoisotopic (exact) mass is 282 g/mol. The maximum absolute atomic E-state index is 12.3. The minimum atomic E-state index is -0.437. The van der Waals surface area contributed by atoms with Crippen LogP contribution in [0.2, 0.25) is 0 Å². The van der Waals surface area contributed by atoms with Gasteiger partial charge in [0.2, 0.25) is 0 Å². The molecule has 2 aromatic carbocycles. The van der Waals surface area contributed by atoms with Gasteiger partial charge in [-0.15, -0.1) is 0 Å². The Bertz CT molecular complexity index is 630. The third kappa shape index (κ3) is 3.63. The van der Waals surface area contributed by atoms with Crippen LogP contribution in [0.5, 0.6) is 0 Å². The lowest BCUT2D eigenvalue weighted by atomic mass is 9.92. The minimum absolute atomic E-state index is 0.119. The Kier molecular flexibility index (Phi) is 4.32. The largest absolute Gasteiger partial charge is 0.399 e. The van der Waals surface area contributed by atoms with Crippen molar-refractivity contribution in [2.75, 3.05) is 5.73 Å². The van der Waals surface area contributed by atoms with E-state index in [1.165, 1.54) is 5.56 Å². The molecular weight excluding hydrogens is 260 g/mol. The summed E-state index contributed by atoms with van der Waals surface area (Å²) in [6, 6.07) is 15.3. The van der Waals surface area contributed by atoms with Gasteiger partial charge in [-0.3, -0.25) is 4.79 Å². The number of rotatable bonds is 4. The summed E-state index contributed by atoms with van der Waals surface area (Å²) in [5.74, 6) is -0.119. The van der Waals surface area contributed by atoms with E-state index in [9.17, 15) is 4.79 Å².